The van der Waals surface area contributed by atoms with E-state index in [0.29, 0.717) is 5.56 Å². The Hall–Kier alpha value is -2.85. The van der Waals surface area contributed by atoms with Crippen LogP contribution in [0.3, 0.4) is 0 Å². The van der Waals surface area contributed by atoms with Crippen LogP contribution >= 0.6 is 11.8 Å². The Balaban J connectivity index is 2.12. The van der Waals surface area contributed by atoms with Gasteiger partial charge in [-0.15, -0.1) is 11.8 Å². The molecular formula is C18H17N3O3S. The molecule has 0 aliphatic heterocycles. The SMILES string of the molecule is CCCCSc1ccc(C(=O)Nc2ccc(C#N)cc2C(=O)O)cn1. The lowest BCUT2D eigenvalue weighted by molar-refractivity contribution is 0.0698. The van der Waals surface area contributed by atoms with E-state index >= 15 is 0 Å². The molecule has 0 aliphatic carbocycles. The number of aromatic nitrogens is 1. The molecule has 2 rings (SSSR count). The predicted octanol–water partition coefficient (Wildman–Crippen LogP) is 3.80. The summed E-state index contributed by atoms with van der Waals surface area (Å²) < 4.78 is 0. The molecule has 1 amide bonds. The number of carbonyl (C=O) groups excluding carboxylic acids is 1. The number of nitrogens with zero attached hydrogens (tertiary/aromatic N) is 2. The molecule has 0 radical (unpaired) electrons. The number of aromatic carboxylic acids is 1. The number of nitriles is 1. The van der Waals surface area contributed by atoms with Gasteiger partial charge in [-0.1, -0.05) is 13.3 Å². The minimum atomic E-state index is -1.21. The highest BCUT2D eigenvalue weighted by atomic mass is 32.2. The Morgan fingerprint density at radius 3 is 2.72 bits per heavy atom. The molecule has 0 atom stereocenters. The first-order valence-electron chi connectivity index (χ1n) is 7.72. The average molecular weight is 355 g/mol. The van der Waals surface area contributed by atoms with E-state index in [4.69, 9.17) is 5.26 Å². The number of carboxylic acids is 1. The van der Waals surface area contributed by atoms with Crippen LogP contribution < -0.4 is 5.32 Å². The lowest BCUT2D eigenvalue weighted by Gasteiger charge is -2.09. The lowest BCUT2D eigenvalue weighted by atomic mass is 10.1. The summed E-state index contributed by atoms with van der Waals surface area (Å²) in [6.07, 6.45) is 3.68. The molecule has 128 valence electrons. The van der Waals surface area contributed by atoms with Crippen LogP contribution in [0.25, 0.3) is 0 Å². The molecule has 0 unspecified atom stereocenters. The van der Waals surface area contributed by atoms with Crippen molar-refractivity contribution in [3.63, 3.8) is 0 Å². The first-order valence-corrected chi connectivity index (χ1v) is 8.71. The molecule has 7 heteroatoms. The Labute approximate surface area is 149 Å². The predicted molar refractivity (Wildman–Crippen MR) is 95.9 cm³/mol. The molecular weight excluding hydrogens is 338 g/mol. The fraction of sp³-hybridized carbons (Fsp3) is 0.222. The van der Waals surface area contributed by atoms with Crippen molar-refractivity contribution >= 4 is 29.3 Å². The van der Waals surface area contributed by atoms with Crippen LogP contribution in [-0.4, -0.2) is 27.7 Å². The lowest BCUT2D eigenvalue weighted by Crippen LogP contribution is -2.15. The highest BCUT2D eigenvalue weighted by Crippen LogP contribution is 2.20. The molecule has 1 aromatic heterocycles. The van der Waals surface area contributed by atoms with Gasteiger partial charge >= 0.3 is 5.97 Å². The van der Waals surface area contributed by atoms with Crippen LogP contribution in [0, 0.1) is 11.3 Å². The molecule has 0 saturated carbocycles. The monoisotopic (exact) mass is 355 g/mol. The second-order valence-corrected chi connectivity index (χ2v) is 6.33. The van der Waals surface area contributed by atoms with E-state index in [1.165, 1.54) is 24.4 Å². The van der Waals surface area contributed by atoms with Gasteiger partial charge in [0, 0.05) is 6.20 Å². The standard InChI is InChI=1S/C18H17N3O3S/c1-2-3-8-25-16-7-5-13(11-20-16)17(22)21-15-6-4-12(10-19)9-14(15)18(23)24/h4-7,9,11H,2-3,8H2,1H3,(H,21,22)(H,23,24). The fourth-order valence-electron chi connectivity index (χ4n) is 2.02. The normalized spacial score (nSPS) is 10.1. The summed E-state index contributed by atoms with van der Waals surface area (Å²) in [5.41, 5.74) is 0.552. The largest absolute Gasteiger partial charge is 0.478 e. The number of pyridine rings is 1. The zero-order valence-electron chi connectivity index (χ0n) is 13.7. The zero-order valence-corrected chi connectivity index (χ0v) is 14.5. The van der Waals surface area contributed by atoms with Crippen molar-refractivity contribution < 1.29 is 14.7 Å². The number of carbonyl (C=O) groups is 2. The van der Waals surface area contributed by atoms with Gasteiger partial charge in [0.15, 0.2) is 0 Å². The third-order valence-electron chi connectivity index (χ3n) is 3.37. The molecule has 1 heterocycles. The van der Waals surface area contributed by atoms with Crippen LogP contribution in [0.4, 0.5) is 5.69 Å². The van der Waals surface area contributed by atoms with Gasteiger partial charge in [-0.25, -0.2) is 9.78 Å². The Bertz CT molecular complexity index is 813. The third-order valence-corrected chi connectivity index (χ3v) is 4.40. The molecule has 0 fully saturated rings. The van der Waals surface area contributed by atoms with E-state index in [1.54, 1.807) is 23.9 Å². The van der Waals surface area contributed by atoms with E-state index in [-0.39, 0.29) is 16.8 Å². The maximum absolute atomic E-state index is 12.3. The van der Waals surface area contributed by atoms with Gasteiger partial charge in [0.1, 0.15) is 0 Å². The van der Waals surface area contributed by atoms with Crippen molar-refractivity contribution in [1.82, 2.24) is 4.98 Å². The Morgan fingerprint density at radius 2 is 2.12 bits per heavy atom. The summed E-state index contributed by atoms with van der Waals surface area (Å²) in [7, 11) is 0. The summed E-state index contributed by atoms with van der Waals surface area (Å²) in [4.78, 5) is 27.8. The van der Waals surface area contributed by atoms with Gasteiger partial charge in [-0.05, 0) is 42.5 Å². The van der Waals surface area contributed by atoms with E-state index < -0.39 is 11.9 Å². The van der Waals surface area contributed by atoms with Gasteiger partial charge in [-0.2, -0.15) is 5.26 Å². The van der Waals surface area contributed by atoms with Crippen molar-refractivity contribution in [2.45, 2.75) is 24.8 Å². The van der Waals surface area contributed by atoms with Gasteiger partial charge < -0.3 is 10.4 Å². The highest BCUT2D eigenvalue weighted by molar-refractivity contribution is 7.99. The summed E-state index contributed by atoms with van der Waals surface area (Å²) in [5, 5.41) is 21.5. The Kier molecular flexibility index (Phi) is 6.54. The van der Waals surface area contributed by atoms with Crippen molar-refractivity contribution in [2.75, 3.05) is 11.1 Å². The van der Waals surface area contributed by atoms with E-state index in [2.05, 4.69) is 17.2 Å². The molecule has 2 N–H and O–H groups in total. The summed E-state index contributed by atoms with van der Waals surface area (Å²) in [6.45, 7) is 2.12. The molecule has 25 heavy (non-hydrogen) atoms. The molecule has 2 aromatic rings. The second kappa shape index (κ2) is 8.85. The summed E-state index contributed by atoms with van der Waals surface area (Å²) in [5.74, 6) is -0.694. The van der Waals surface area contributed by atoms with Gasteiger partial charge in [0.25, 0.3) is 5.91 Å². The first kappa shape index (κ1) is 18.5. The topological polar surface area (TPSA) is 103 Å². The van der Waals surface area contributed by atoms with Crippen LogP contribution in [0.2, 0.25) is 0 Å². The zero-order chi connectivity index (χ0) is 18.2. The van der Waals surface area contributed by atoms with E-state index in [9.17, 15) is 14.7 Å². The molecule has 0 bridgehead atoms. The molecule has 0 saturated heterocycles. The molecule has 0 spiro atoms. The number of amides is 1. The molecule has 0 aliphatic rings. The number of hydrogen-bond donors (Lipinski definition) is 2. The van der Waals surface area contributed by atoms with Gasteiger partial charge in [-0.3, -0.25) is 4.79 Å². The second-order valence-electron chi connectivity index (χ2n) is 5.22. The number of thioether (sulfide) groups is 1. The molecule has 1 aromatic carbocycles. The number of carboxylic acid groups (broad SMARTS) is 1. The van der Waals surface area contributed by atoms with Crippen LogP contribution in [0.5, 0.6) is 0 Å². The van der Waals surface area contributed by atoms with Gasteiger partial charge in [0.05, 0.1) is 33.5 Å². The first-order chi connectivity index (χ1) is 12.0. The number of nitrogens with one attached hydrogen (secondary N) is 1. The van der Waals surface area contributed by atoms with Crippen molar-refractivity contribution in [3.05, 3.63) is 53.2 Å². The van der Waals surface area contributed by atoms with Crippen LogP contribution in [0.1, 0.15) is 46.0 Å². The maximum atomic E-state index is 12.3. The number of rotatable bonds is 7. The van der Waals surface area contributed by atoms with Crippen molar-refractivity contribution in [1.29, 1.82) is 5.26 Å². The van der Waals surface area contributed by atoms with Crippen LogP contribution in [0.15, 0.2) is 41.6 Å². The number of anilines is 1. The van der Waals surface area contributed by atoms with E-state index in [1.807, 2.05) is 6.07 Å². The van der Waals surface area contributed by atoms with Crippen molar-refractivity contribution in [3.8, 4) is 6.07 Å². The summed E-state index contributed by atoms with van der Waals surface area (Å²) >= 11 is 1.63. The Morgan fingerprint density at radius 1 is 1.32 bits per heavy atom. The van der Waals surface area contributed by atoms with E-state index in [0.717, 1.165) is 23.6 Å². The minimum Gasteiger partial charge on any atom is -0.478 e. The van der Waals surface area contributed by atoms with Crippen LogP contribution in [-0.2, 0) is 0 Å². The number of hydrogen-bond acceptors (Lipinski definition) is 5. The quantitative estimate of drug-likeness (QED) is 0.578. The number of benzene rings is 1. The average Bonchev–Trinajstić information content (AvgIpc) is 2.62. The van der Waals surface area contributed by atoms with Gasteiger partial charge in [0.2, 0.25) is 0 Å². The fourth-order valence-corrected chi connectivity index (χ4v) is 2.95. The highest BCUT2D eigenvalue weighted by Gasteiger charge is 2.15. The smallest absolute Gasteiger partial charge is 0.337 e. The summed E-state index contributed by atoms with van der Waals surface area (Å²) in [6, 6.07) is 9.38. The minimum absolute atomic E-state index is 0.132. The maximum Gasteiger partial charge on any atom is 0.337 e. The number of unbranched alkanes of at least 4 members (excludes halogenated alkanes) is 1. The van der Waals surface area contributed by atoms with Crippen molar-refractivity contribution in [2.24, 2.45) is 0 Å². The third kappa shape index (κ3) is 5.06. The molecule has 6 nitrogen and oxygen atoms in total.